The molecule has 12 heteroatoms. The molecule has 4 aromatic rings. The number of hydrogen-bond acceptors (Lipinski definition) is 6. The van der Waals surface area contributed by atoms with E-state index in [9.17, 15) is 18.4 Å². The molecule has 0 N–H and O–H groups in total. The number of methoxy groups -OCH3 is 1. The van der Waals surface area contributed by atoms with E-state index in [2.05, 4.69) is 29.9 Å². The highest BCUT2D eigenvalue weighted by Gasteiger charge is 2.38. The topological polar surface area (TPSA) is 87.1 Å². The molecule has 0 fully saturated rings. The molecule has 1 unspecified atom stereocenters. The van der Waals surface area contributed by atoms with Gasteiger partial charge in [-0.1, -0.05) is 18.2 Å². The number of nitrogens with zero attached hydrogens (tertiary/aromatic N) is 5. The molecule has 40 heavy (non-hydrogen) atoms. The lowest BCUT2D eigenvalue weighted by atomic mass is 10.0. The highest BCUT2D eigenvalue weighted by Crippen LogP contribution is 2.40. The summed E-state index contributed by atoms with van der Waals surface area (Å²) >= 11 is 0. The Hall–Kier alpha value is -3.53. The standard InChI is InChI=1S/C28H30F3N5O3S/c1-37-24-18(16-32)9-10-22-20(24)15-23(35(22)17-38-13-14-40(2,3)4)26-33-27-25(39-12-11-36(27)34-26)19-7-5-6-8-21(19)28(29,30)31/h5-10,15,25H,11-14,17H2,1-4H3. The van der Waals surface area contributed by atoms with Crippen molar-refractivity contribution in [1.29, 1.82) is 5.26 Å². The third-order valence-electron chi connectivity index (χ3n) is 6.72. The van der Waals surface area contributed by atoms with E-state index < -0.39 is 27.9 Å². The molecule has 212 valence electrons. The Kier molecular flexibility index (Phi) is 7.56. The van der Waals surface area contributed by atoms with Crippen LogP contribution >= 0.6 is 10.0 Å². The van der Waals surface area contributed by atoms with E-state index in [1.54, 1.807) is 16.8 Å². The minimum absolute atomic E-state index is 0.0104. The summed E-state index contributed by atoms with van der Waals surface area (Å²) in [6.07, 6.45) is 1.08. The maximum Gasteiger partial charge on any atom is 0.416 e. The number of rotatable bonds is 8. The number of ether oxygens (including phenoxy) is 3. The fraction of sp³-hybridized carbons (Fsp3) is 0.393. The van der Waals surface area contributed by atoms with E-state index in [0.29, 0.717) is 41.4 Å². The summed E-state index contributed by atoms with van der Waals surface area (Å²) in [5, 5.41) is 15.0. The molecule has 0 saturated carbocycles. The number of nitriles is 1. The van der Waals surface area contributed by atoms with Crippen molar-refractivity contribution in [3.63, 3.8) is 0 Å². The van der Waals surface area contributed by atoms with E-state index in [1.165, 1.54) is 19.2 Å². The second-order valence-electron chi connectivity index (χ2n) is 10.3. The molecule has 5 rings (SSSR count). The predicted octanol–water partition coefficient (Wildman–Crippen LogP) is 5.59. The Balaban J connectivity index is 1.60. The number of fused-ring (bicyclic) bond motifs is 2. The second kappa shape index (κ2) is 10.8. The molecule has 8 nitrogen and oxygen atoms in total. The van der Waals surface area contributed by atoms with Gasteiger partial charge < -0.3 is 18.8 Å². The highest BCUT2D eigenvalue weighted by atomic mass is 32.3. The lowest BCUT2D eigenvalue weighted by Gasteiger charge is -2.25. The van der Waals surface area contributed by atoms with Gasteiger partial charge in [0, 0.05) is 16.7 Å². The van der Waals surface area contributed by atoms with Gasteiger partial charge in [0.15, 0.2) is 11.6 Å². The van der Waals surface area contributed by atoms with Crippen LogP contribution in [0.1, 0.15) is 28.6 Å². The molecular formula is C28H30F3N5O3S. The number of alkyl halides is 3. The Bertz CT molecular complexity index is 1580. The van der Waals surface area contributed by atoms with Crippen LogP contribution in [0.25, 0.3) is 22.4 Å². The van der Waals surface area contributed by atoms with Gasteiger partial charge in [-0.3, -0.25) is 0 Å². The molecular weight excluding hydrogens is 543 g/mol. The van der Waals surface area contributed by atoms with Crippen molar-refractivity contribution in [2.75, 3.05) is 44.8 Å². The van der Waals surface area contributed by atoms with Gasteiger partial charge in [0.1, 0.15) is 24.7 Å². The van der Waals surface area contributed by atoms with Crippen LogP contribution in [0.2, 0.25) is 0 Å². The third kappa shape index (κ3) is 5.41. The van der Waals surface area contributed by atoms with Crippen LogP contribution in [0.3, 0.4) is 0 Å². The minimum Gasteiger partial charge on any atom is -0.495 e. The fourth-order valence-electron chi connectivity index (χ4n) is 4.77. The molecule has 1 aliphatic rings. The maximum atomic E-state index is 13.8. The van der Waals surface area contributed by atoms with Crippen molar-refractivity contribution < 1.29 is 27.4 Å². The summed E-state index contributed by atoms with van der Waals surface area (Å²) in [6.45, 7) is 1.29. The molecule has 1 aliphatic heterocycles. The van der Waals surface area contributed by atoms with Crippen molar-refractivity contribution >= 4 is 20.9 Å². The van der Waals surface area contributed by atoms with Crippen LogP contribution in [0.15, 0.2) is 42.5 Å². The van der Waals surface area contributed by atoms with Crippen LogP contribution in [0, 0.1) is 11.3 Å². The third-order valence-corrected chi connectivity index (χ3v) is 8.11. The highest BCUT2D eigenvalue weighted by molar-refractivity contribution is 8.32. The second-order valence-corrected chi connectivity index (χ2v) is 14.9. The normalized spacial score (nSPS) is 16.1. The first-order chi connectivity index (χ1) is 19.0. The Morgan fingerprint density at radius 3 is 2.65 bits per heavy atom. The molecule has 1 atom stereocenters. The quantitative estimate of drug-likeness (QED) is 0.256. The summed E-state index contributed by atoms with van der Waals surface area (Å²) < 4.78 is 62.5. The average Bonchev–Trinajstić information content (AvgIpc) is 3.51. The van der Waals surface area contributed by atoms with E-state index in [-0.39, 0.29) is 24.7 Å². The largest absolute Gasteiger partial charge is 0.495 e. The van der Waals surface area contributed by atoms with Crippen molar-refractivity contribution in [3.05, 3.63) is 65.0 Å². The zero-order chi connectivity index (χ0) is 28.7. The summed E-state index contributed by atoms with van der Waals surface area (Å²) in [5.41, 5.74) is 0.956. The lowest BCUT2D eigenvalue weighted by molar-refractivity contribution is -0.139. The smallest absolute Gasteiger partial charge is 0.416 e. The van der Waals surface area contributed by atoms with Crippen molar-refractivity contribution in [2.45, 2.75) is 25.6 Å². The first kappa shape index (κ1) is 28.0. The van der Waals surface area contributed by atoms with Crippen molar-refractivity contribution in [3.8, 4) is 23.3 Å². The first-order valence-electron chi connectivity index (χ1n) is 12.6. The number of halogens is 3. The summed E-state index contributed by atoms with van der Waals surface area (Å²) in [4.78, 5) is 4.70. The molecule has 0 amide bonds. The van der Waals surface area contributed by atoms with E-state index in [0.717, 1.165) is 17.3 Å². The number of hydrogen-bond donors (Lipinski definition) is 0. The van der Waals surface area contributed by atoms with Crippen LogP contribution in [-0.4, -0.2) is 64.2 Å². The van der Waals surface area contributed by atoms with Crippen LogP contribution in [-0.2, 0) is 28.9 Å². The van der Waals surface area contributed by atoms with Gasteiger partial charge in [-0.15, -0.1) is 5.10 Å². The van der Waals surface area contributed by atoms with Gasteiger partial charge in [-0.25, -0.2) is 19.7 Å². The van der Waals surface area contributed by atoms with E-state index >= 15 is 0 Å². The summed E-state index contributed by atoms with van der Waals surface area (Å²) in [5.74, 6) is 1.95. The molecule has 0 aliphatic carbocycles. The molecule has 0 saturated heterocycles. The van der Waals surface area contributed by atoms with Gasteiger partial charge in [0.05, 0.1) is 49.2 Å². The van der Waals surface area contributed by atoms with Crippen molar-refractivity contribution in [2.24, 2.45) is 0 Å². The van der Waals surface area contributed by atoms with Crippen molar-refractivity contribution in [1.82, 2.24) is 19.3 Å². The Morgan fingerprint density at radius 1 is 1.18 bits per heavy atom. The monoisotopic (exact) mass is 573 g/mol. The number of aromatic nitrogens is 4. The first-order valence-corrected chi connectivity index (χ1v) is 15.6. The van der Waals surface area contributed by atoms with Crippen LogP contribution < -0.4 is 4.74 Å². The molecule has 2 aromatic heterocycles. The zero-order valence-electron chi connectivity index (χ0n) is 22.7. The summed E-state index contributed by atoms with van der Waals surface area (Å²) in [6, 6.07) is 12.8. The van der Waals surface area contributed by atoms with Gasteiger partial charge in [-0.05, 0) is 43.0 Å². The average molecular weight is 574 g/mol. The van der Waals surface area contributed by atoms with Crippen LogP contribution in [0.5, 0.6) is 5.75 Å². The van der Waals surface area contributed by atoms with E-state index in [1.807, 2.05) is 16.7 Å². The predicted molar refractivity (Wildman–Crippen MR) is 148 cm³/mol. The van der Waals surface area contributed by atoms with Gasteiger partial charge >= 0.3 is 6.18 Å². The lowest BCUT2D eigenvalue weighted by Crippen LogP contribution is -2.25. The van der Waals surface area contributed by atoms with E-state index in [4.69, 9.17) is 19.2 Å². The molecule has 0 radical (unpaired) electrons. The molecule has 0 spiro atoms. The molecule has 0 bridgehead atoms. The van der Waals surface area contributed by atoms with Gasteiger partial charge in [0.25, 0.3) is 0 Å². The zero-order valence-corrected chi connectivity index (χ0v) is 23.5. The maximum absolute atomic E-state index is 13.8. The Labute approximate surface area is 231 Å². The fourth-order valence-corrected chi connectivity index (χ4v) is 5.39. The Morgan fingerprint density at radius 2 is 1.95 bits per heavy atom. The number of benzene rings is 2. The van der Waals surface area contributed by atoms with Crippen LogP contribution in [0.4, 0.5) is 13.2 Å². The SMILES string of the molecule is COc1c(C#N)ccc2c1cc(-c1nc3n(n1)CCOC3c1ccccc1C(F)(F)F)n2COCCS(C)(C)C. The molecule has 2 aromatic carbocycles. The molecule has 3 heterocycles. The van der Waals surface area contributed by atoms with Gasteiger partial charge in [-0.2, -0.15) is 18.4 Å². The van der Waals surface area contributed by atoms with Gasteiger partial charge in [0.2, 0.25) is 0 Å². The minimum atomic E-state index is -4.54. The summed E-state index contributed by atoms with van der Waals surface area (Å²) in [7, 11) is 0.752.